The maximum Gasteiger partial charge on any atom is 0.130 e. The molecule has 1 aliphatic heterocycles. The average Bonchev–Trinajstić information content (AvgIpc) is 2.89. The number of fused-ring (bicyclic) bond motifs is 1. The Hall–Kier alpha value is -1.05. The van der Waals surface area contributed by atoms with Crippen LogP contribution in [-0.4, -0.2) is 6.54 Å². The van der Waals surface area contributed by atoms with Gasteiger partial charge >= 0.3 is 0 Å². The van der Waals surface area contributed by atoms with Gasteiger partial charge in [0.25, 0.3) is 0 Å². The molecular formula is C17H24FN. The molecule has 0 aromatic heterocycles. The van der Waals surface area contributed by atoms with Crippen molar-refractivity contribution >= 4 is 5.69 Å². The first-order valence-corrected chi connectivity index (χ1v) is 7.66. The molecule has 0 amide bonds. The Balaban J connectivity index is 1.81. The molecule has 104 valence electrons. The van der Waals surface area contributed by atoms with E-state index in [1.807, 2.05) is 12.1 Å². The normalized spacial score (nSPS) is 31.6. The molecular weight excluding hydrogens is 237 g/mol. The zero-order valence-electron chi connectivity index (χ0n) is 12.0. The van der Waals surface area contributed by atoms with E-state index in [0.717, 1.165) is 43.0 Å². The Morgan fingerprint density at radius 1 is 1.21 bits per heavy atom. The Morgan fingerprint density at radius 2 is 2.05 bits per heavy atom. The van der Waals surface area contributed by atoms with Crippen LogP contribution in [0.1, 0.15) is 50.4 Å². The molecule has 1 nitrogen and oxygen atoms in total. The molecule has 1 heterocycles. The summed E-state index contributed by atoms with van der Waals surface area (Å²) in [6.07, 6.45) is 3.49. The smallest absolute Gasteiger partial charge is 0.130 e. The van der Waals surface area contributed by atoms with Crippen molar-refractivity contribution in [1.82, 2.24) is 0 Å². The van der Waals surface area contributed by atoms with E-state index in [9.17, 15) is 4.39 Å². The van der Waals surface area contributed by atoms with Crippen molar-refractivity contribution in [3.8, 4) is 0 Å². The monoisotopic (exact) mass is 261 g/mol. The second-order valence-corrected chi connectivity index (χ2v) is 6.49. The number of rotatable bonds is 2. The van der Waals surface area contributed by atoms with Gasteiger partial charge in [-0.2, -0.15) is 0 Å². The van der Waals surface area contributed by atoms with Gasteiger partial charge in [0, 0.05) is 17.8 Å². The highest BCUT2D eigenvalue weighted by atomic mass is 19.1. The second-order valence-electron chi connectivity index (χ2n) is 6.49. The summed E-state index contributed by atoms with van der Waals surface area (Å²) in [5, 5.41) is 3.37. The molecule has 0 radical (unpaired) electrons. The summed E-state index contributed by atoms with van der Waals surface area (Å²) >= 11 is 0. The summed E-state index contributed by atoms with van der Waals surface area (Å²) in [5.41, 5.74) is 3.28. The van der Waals surface area contributed by atoms with Gasteiger partial charge in [0.1, 0.15) is 6.17 Å². The summed E-state index contributed by atoms with van der Waals surface area (Å²) in [6.45, 7) is 5.53. The maximum atomic E-state index is 14.9. The van der Waals surface area contributed by atoms with E-state index in [-0.39, 0.29) is 5.92 Å². The first kappa shape index (κ1) is 13.0. The molecule has 1 fully saturated rings. The van der Waals surface area contributed by atoms with Gasteiger partial charge in [-0.15, -0.1) is 0 Å². The molecule has 1 aliphatic carbocycles. The molecule has 0 saturated heterocycles. The first-order valence-electron chi connectivity index (χ1n) is 7.66. The van der Waals surface area contributed by atoms with E-state index < -0.39 is 6.17 Å². The minimum Gasteiger partial charge on any atom is -0.384 e. The van der Waals surface area contributed by atoms with Crippen LogP contribution in [-0.2, 0) is 6.42 Å². The zero-order valence-corrected chi connectivity index (χ0v) is 12.0. The summed E-state index contributed by atoms with van der Waals surface area (Å²) < 4.78 is 14.9. The quantitative estimate of drug-likeness (QED) is 0.811. The molecule has 0 bridgehead atoms. The van der Waals surface area contributed by atoms with E-state index in [4.69, 9.17) is 0 Å². The lowest BCUT2D eigenvalue weighted by Gasteiger charge is -2.34. The van der Waals surface area contributed by atoms with Crippen LogP contribution in [0, 0.1) is 17.8 Å². The van der Waals surface area contributed by atoms with E-state index in [0.29, 0.717) is 5.92 Å². The van der Waals surface area contributed by atoms with Crippen molar-refractivity contribution in [2.24, 2.45) is 17.8 Å². The maximum absolute atomic E-state index is 14.9. The molecule has 1 aromatic carbocycles. The molecule has 2 heteroatoms. The molecule has 3 rings (SSSR count). The van der Waals surface area contributed by atoms with Gasteiger partial charge in [-0.05, 0) is 42.6 Å². The number of para-hydroxylation sites is 1. The van der Waals surface area contributed by atoms with Crippen molar-refractivity contribution in [2.75, 3.05) is 11.9 Å². The number of alkyl halides is 1. The van der Waals surface area contributed by atoms with Crippen molar-refractivity contribution in [3.05, 3.63) is 29.3 Å². The van der Waals surface area contributed by atoms with Gasteiger partial charge < -0.3 is 5.32 Å². The lowest BCUT2D eigenvalue weighted by molar-refractivity contribution is 0.124. The third kappa shape index (κ3) is 2.37. The number of anilines is 1. The van der Waals surface area contributed by atoms with E-state index in [1.165, 1.54) is 12.0 Å². The minimum atomic E-state index is -0.796. The standard InChI is InChI=1S/C17H24FN/c1-11-6-7-14(10-12(11)2)16(18)15-5-3-4-13-8-9-19-17(13)15/h3-5,11-12,14,16,19H,6-10H2,1-2H3. The predicted molar refractivity (Wildman–Crippen MR) is 78.2 cm³/mol. The number of benzene rings is 1. The lowest BCUT2D eigenvalue weighted by Crippen LogP contribution is -2.24. The zero-order chi connectivity index (χ0) is 13.4. The van der Waals surface area contributed by atoms with Crippen molar-refractivity contribution in [3.63, 3.8) is 0 Å². The third-order valence-electron chi connectivity index (χ3n) is 5.23. The number of halogens is 1. The number of hydrogen-bond acceptors (Lipinski definition) is 1. The first-order chi connectivity index (χ1) is 9.16. The van der Waals surface area contributed by atoms with Crippen molar-refractivity contribution < 1.29 is 4.39 Å². The van der Waals surface area contributed by atoms with Gasteiger partial charge in [-0.1, -0.05) is 38.5 Å². The second kappa shape index (κ2) is 5.15. The fraction of sp³-hybridized carbons (Fsp3) is 0.647. The largest absolute Gasteiger partial charge is 0.384 e. The van der Waals surface area contributed by atoms with Gasteiger partial charge in [0.15, 0.2) is 0 Å². The summed E-state index contributed by atoms with van der Waals surface area (Å²) in [5.74, 6) is 1.62. The summed E-state index contributed by atoms with van der Waals surface area (Å²) in [4.78, 5) is 0. The minimum absolute atomic E-state index is 0.208. The van der Waals surface area contributed by atoms with Crippen molar-refractivity contribution in [1.29, 1.82) is 0 Å². The Morgan fingerprint density at radius 3 is 2.84 bits per heavy atom. The van der Waals surface area contributed by atoms with Crippen LogP contribution in [0.4, 0.5) is 10.1 Å². The van der Waals surface area contributed by atoms with E-state index in [2.05, 4.69) is 25.2 Å². The molecule has 19 heavy (non-hydrogen) atoms. The van der Waals surface area contributed by atoms with Gasteiger partial charge in [0.2, 0.25) is 0 Å². The van der Waals surface area contributed by atoms with Crippen LogP contribution in [0.5, 0.6) is 0 Å². The predicted octanol–water partition coefficient (Wildman–Crippen LogP) is 4.74. The highest BCUT2D eigenvalue weighted by Gasteiger charge is 2.32. The highest BCUT2D eigenvalue weighted by molar-refractivity contribution is 5.62. The number of hydrogen-bond donors (Lipinski definition) is 1. The average molecular weight is 261 g/mol. The highest BCUT2D eigenvalue weighted by Crippen LogP contribution is 2.44. The van der Waals surface area contributed by atoms with Gasteiger partial charge in [0.05, 0.1) is 0 Å². The van der Waals surface area contributed by atoms with E-state index >= 15 is 0 Å². The van der Waals surface area contributed by atoms with Crippen LogP contribution >= 0.6 is 0 Å². The Labute approximate surface area is 115 Å². The molecule has 4 atom stereocenters. The fourth-order valence-corrected chi connectivity index (χ4v) is 3.70. The Bertz CT molecular complexity index is 457. The van der Waals surface area contributed by atoms with Crippen LogP contribution in [0.25, 0.3) is 0 Å². The summed E-state index contributed by atoms with van der Waals surface area (Å²) in [6, 6.07) is 6.12. The van der Waals surface area contributed by atoms with Crippen LogP contribution in [0.3, 0.4) is 0 Å². The van der Waals surface area contributed by atoms with Crippen molar-refractivity contribution in [2.45, 2.75) is 45.7 Å². The molecule has 1 N–H and O–H groups in total. The third-order valence-corrected chi connectivity index (χ3v) is 5.23. The number of nitrogens with one attached hydrogen (secondary N) is 1. The molecule has 2 aliphatic rings. The lowest BCUT2D eigenvalue weighted by atomic mass is 9.73. The Kier molecular flexibility index (Phi) is 3.51. The van der Waals surface area contributed by atoms with E-state index in [1.54, 1.807) is 0 Å². The van der Waals surface area contributed by atoms with Crippen LogP contribution in [0.2, 0.25) is 0 Å². The van der Waals surface area contributed by atoms with Gasteiger partial charge in [-0.3, -0.25) is 0 Å². The van der Waals surface area contributed by atoms with Gasteiger partial charge in [-0.25, -0.2) is 4.39 Å². The van der Waals surface area contributed by atoms with Crippen LogP contribution in [0.15, 0.2) is 18.2 Å². The molecule has 0 spiro atoms. The SMILES string of the molecule is CC1CCC(C(F)c2cccc3c2NCC3)CC1C. The molecule has 1 aromatic rings. The molecule has 4 unspecified atom stereocenters. The summed E-state index contributed by atoms with van der Waals surface area (Å²) in [7, 11) is 0. The van der Waals surface area contributed by atoms with Crippen LogP contribution < -0.4 is 5.32 Å². The fourth-order valence-electron chi connectivity index (χ4n) is 3.70. The topological polar surface area (TPSA) is 12.0 Å². The molecule has 1 saturated carbocycles.